The topological polar surface area (TPSA) is 84.6 Å². The van der Waals surface area contributed by atoms with Crippen LogP contribution in [0.5, 0.6) is 0 Å². The second-order valence-electron chi connectivity index (χ2n) is 10.0. The summed E-state index contributed by atoms with van der Waals surface area (Å²) in [7, 11) is -0.689. The quantitative estimate of drug-likeness (QED) is 0.407. The molecule has 0 spiro atoms. The smallest absolute Gasteiger partial charge is 0.229 e. The lowest BCUT2D eigenvalue weighted by atomic mass is 9.97. The number of fused-ring (bicyclic) bond motifs is 4. The number of allylic oxidation sites excluding steroid dienone is 1. The molecular formula is C28H29N5O3S. The molecule has 190 valence electrons. The molecule has 3 aliphatic rings. The average molecular weight is 516 g/mol. The van der Waals surface area contributed by atoms with E-state index < -0.39 is 10.8 Å². The van der Waals surface area contributed by atoms with E-state index in [4.69, 9.17) is 19.1 Å². The Labute approximate surface area is 217 Å². The molecule has 0 radical (unpaired) electrons. The number of rotatable bonds is 4. The Bertz CT molecular complexity index is 1560. The van der Waals surface area contributed by atoms with Crippen LogP contribution in [-0.4, -0.2) is 75.0 Å². The molecule has 0 saturated carbocycles. The zero-order chi connectivity index (χ0) is 24.9. The third-order valence-corrected chi connectivity index (χ3v) is 8.86. The Balaban J connectivity index is 1.39. The molecule has 5 heterocycles. The molecular weight excluding hydrogens is 486 g/mol. The zero-order valence-corrected chi connectivity index (χ0v) is 21.7. The Hall–Kier alpha value is -3.14. The highest BCUT2D eigenvalue weighted by Crippen LogP contribution is 2.38. The van der Waals surface area contributed by atoms with E-state index in [1.54, 1.807) is 0 Å². The molecule has 0 N–H and O–H groups in total. The van der Waals surface area contributed by atoms with E-state index in [2.05, 4.69) is 52.1 Å². The molecule has 2 fully saturated rings. The van der Waals surface area contributed by atoms with Crippen LogP contribution in [0.1, 0.15) is 22.3 Å². The summed E-state index contributed by atoms with van der Waals surface area (Å²) in [6.45, 7) is 7.41. The van der Waals surface area contributed by atoms with Gasteiger partial charge in [-0.15, -0.1) is 0 Å². The van der Waals surface area contributed by atoms with Crippen molar-refractivity contribution in [3.05, 3.63) is 52.7 Å². The first-order chi connectivity index (χ1) is 18.1. The summed E-state index contributed by atoms with van der Waals surface area (Å²) in [5.74, 6) is 3.00. The van der Waals surface area contributed by atoms with Gasteiger partial charge in [0.15, 0.2) is 17.2 Å². The van der Waals surface area contributed by atoms with E-state index in [-0.39, 0.29) is 0 Å². The van der Waals surface area contributed by atoms with Gasteiger partial charge in [-0.2, -0.15) is 0 Å². The van der Waals surface area contributed by atoms with Gasteiger partial charge in [-0.1, -0.05) is 24.3 Å². The minimum absolute atomic E-state index is 0.578. The summed E-state index contributed by atoms with van der Waals surface area (Å²) in [5, 5.41) is 0.909. The van der Waals surface area contributed by atoms with Crippen molar-refractivity contribution < 1.29 is 13.4 Å². The molecule has 9 heteroatoms. The molecule has 0 unspecified atom stereocenters. The van der Waals surface area contributed by atoms with Gasteiger partial charge in [0.25, 0.3) is 0 Å². The zero-order valence-electron chi connectivity index (χ0n) is 20.9. The number of ether oxygens (including phenoxy) is 1. The number of morpholine rings is 1. The van der Waals surface area contributed by atoms with Crippen molar-refractivity contribution in [3.63, 3.8) is 0 Å². The SMILES string of the molecule is Cc1ccc2c(c1-c1nc(N3CCOCC3)c3oc4ncc(CN5CCS(=O)CC5)cc4c3n1)C=CC2. The minimum atomic E-state index is -0.689. The Morgan fingerprint density at radius 3 is 2.76 bits per heavy atom. The number of nitrogens with zero attached hydrogens (tertiary/aromatic N) is 5. The van der Waals surface area contributed by atoms with E-state index in [0.717, 1.165) is 89.9 Å². The van der Waals surface area contributed by atoms with Crippen LogP contribution in [0.15, 0.2) is 34.9 Å². The predicted octanol–water partition coefficient (Wildman–Crippen LogP) is 3.72. The van der Waals surface area contributed by atoms with Crippen LogP contribution in [0.25, 0.3) is 39.7 Å². The fourth-order valence-corrected chi connectivity index (χ4v) is 6.71. The number of aryl methyl sites for hydroxylation is 1. The number of benzene rings is 1. The maximum atomic E-state index is 11.8. The summed E-state index contributed by atoms with van der Waals surface area (Å²) in [4.78, 5) is 19.5. The largest absolute Gasteiger partial charge is 0.432 e. The molecule has 3 aromatic heterocycles. The molecule has 2 saturated heterocycles. The Morgan fingerprint density at radius 1 is 1.08 bits per heavy atom. The molecule has 37 heavy (non-hydrogen) atoms. The highest BCUT2D eigenvalue weighted by atomic mass is 32.2. The summed E-state index contributed by atoms with van der Waals surface area (Å²) in [5.41, 5.74) is 7.93. The van der Waals surface area contributed by atoms with Gasteiger partial charge in [0.2, 0.25) is 5.71 Å². The molecule has 8 nitrogen and oxygen atoms in total. The summed E-state index contributed by atoms with van der Waals surface area (Å²) in [6, 6.07) is 6.53. The van der Waals surface area contributed by atoms with Gasteiger partial charge in [0, 0.05) is 66.8 Å². The Morgan fingerprint density at radius 2 is 1.92 bits per heavy atom. The second-order valence-corrected chi connectivity index (χ2v) is 11.7. The molecule has 2 aliphatic heterocycles. The number of hydrogen-bond acceptors (Lipinski definition) is 8. The molecule has 0 bridgehead atoms. The van der Waals surface area contributed by atoms with E-state index in [1.165, 1.54) is 11.1 Å². The molecule has 1 aromatic carbocycles. The van der Waals surface area contributed by atoms with Crippen LogP contribution in [0.4, 0.5) is 5.82 Å². The van der Waals surface area contributed by atoms with E-state index in [9.17, 15) is 4.21 Å². The van der Waals surface area contributed by atoms with Gasteiger partial charge in [-0.25, -0.2) is 15.0 Å². The summed E-state index contributed by atoms with van der Waals surface area (Å²) >= 11 is 0. The first-order valence-corrected chi connectivity index (χ1v) is 14.4. The highest BCUT2D eigenvalue weighted by molar-refractivity contribution is 7.85. The lowest BCUT2D eigenvalue weighted by molar-refractivity contribution is 0.122. The minimum Gasteiger partial charge on any atom is -0.432 e. The van der Waals surface area contributed by atoms with Gasteiger partial charge in [0.1, 0.15) is 5.52 Å². The monoisotopic (exact) mass is 515 g/mol. The van der Waals surface area contributed by atoms with Crippen molar-refractivity contribution in [2.45, 2.75) is 19.9 Å². The number of pyridine rings is 1. The highest BCUT2D eigenvalue weighted by Gasteiger charge is 2.25. The van der Waals surface area contributed by atoms with Crippen molar-refractivity contribution in [3.8, 4) is 11.4 Å². The molecule has 1 aliphatic carbocycles. The fourth-order valence-electron chi connectivity index (χ4n) is 5.58. The van der Waals surface area contributed by atoms with E-state index >= 15 is 0 Å². The summed E-state index contributed by atoms with van der Waals surface area (Å²) in [6.07, 6.45) is 7.22. The van der Waals surface area contributed by atoms with Crippen LogP contribution in [0.2, 0.25) is 0 Å². The van der Waals surface area contributed by atoms with Crippen molar-refractivity contribution in [2.75, 3.05) is 55.8 Å². The molecule has 0 amide bonds. The molecule has 4 aromatic rings. The van der Waals surface area contributed by atoms with Gasteiger partial charge in [-0.05, 0) is 41.7 Å². The van der Waals surface area contributed by atoms with Crippen molar-refractivity contribution in [2.24, 2.45) is 0 Å². The standard InChI is InChI=1S/C28H29N5O3S/c1-18-5-6-20-3-2-4-21(20)23(18)26-30-24-22-15-19(17-32-9-13-37(34)14-10-32)16-29-28(22)36-25(24)27(31-26)33-7-11-35-12-8-33/h2,4-6,15-16H,3,7-14,17H2,1H3. The number of anilines is 1. The van der Waals surface area contributed by atoms with Crippen LogP contribution < -0.4 is 4.90 Å². The van der Waals surface area contributed by atoms with Crippen molar-refractivity contribution in [1.29, 1.82) is 0 Å². The van der Waals surface area contributed by atoms with Gasteiger partial charge < -0.3 is 14.1 Å². The van der Waals surface area contributed by atoms with E-state index in [0.29, 0.717) is 24.5 Å². The lowest BCUT2D eigenvalue weighted by Gasteiger charge is -2.28. The van der Waals surface area contributed by atoms with Crippen LogP contribution >= 0.6 is 0 Å². The number of hydrogen-bond donors (Lipinski definition) is 0. The van der Waals surface area contributed by atoms with Gasteiger partial charge in [0.05, 0.1) is 18.6 Å². The second kappa shape index (κ2) is 9.31. The van der Waals surface area contributed by atoms with Crippen LogP contribution in [0.3, 0.4) is 0 Å². The number of furan rings is 1. The third-order valence-electron chi connectivity index (χ3n) is 7.59. The fraction of sp³-hybridized carbons (Fsp3) is 0.393. The van der Waals surface area contributed by atoms with E-state index in [1.807, 2.05) is 6.20 Å². The van der Waals surface area contributed by atoms with Crippen LogP contribution in [-0.2, 0) is 28.5 Å². The predicted molar refractivity (Wildman–Crippen MR) is 146 cm³/mol. The lowest BCUT2D eigenvalue weighted by Crippen LogP contribution is -2.37. The van der Waals surface area contributed by atoms with Crippen molar-refractivity contribution in [1.82, 2.24) is 19.9 Å². The maximum Gasteiger partial charge on any atom is 0.229 e. The molecule has 0 atom stereocenters. The average Bonchev–Trinajstić information content (AvgIpc) is 3.54. The first-order valence-electron chi connectivity index (χ1n) is 12.9. The third kappa shape index (κ3) is 4.15. The van der Waals surface area contributed by atoms with Gasteiger partial charge in [-0.3, -0.25) is 9.11 Å². The maximum absolute atomic E-state index is 11.8. The normalized spacial score (nSPS) is 18.8. The van der Waals surface area contributed by atoms with Crippen molar-refractivity contribution >= 4 is 44.9 Å². The first kappa shape index (κ1) is 23.0. The number of aromatic nitrogens is 3. The van der Waals surface area contributed by atoms with Crippen LogP contribution in [0, 0.1) is 6.92 Å². The summed E-state index contributed by atoms with van der Waals surface area (Å²) < 4.78 is 23.7. The van der Waals surface area contributed by atoms with Gasteiger partial charge >= 0.3 is 0 Å². The Kier molecular flexibility index (Phi) is 5.79. The molecule has 7 rings (SSSR count).